The fraction of sp³-hybridized carbons (Fsp3) is 0.923. The van der Waals surface area contributed by atoms with Gasteiger partial charge in [0.2, 0.25) is 5.91 Å². The summed E-state index contributed by atoms with van der Waals surface area (Å²) in [5.41, 5.74) is 0. The maximum Gasteiger partial charge on any atom is 0.226 e. The Kier molecular flexibility index (Phi) is 3.53. The Morgan fingerprint density at radius 1 is 1.38 bits per heavy atom. The van der Waals surface area contributed by atoms with Gasteiger partial charge in [-0.15, -0.1) is 0 Å². The third-order valence-electron chi connectivity index (χ3n) is 4.30. The Hall–Kier alpha value is -0.570. The Balaban J connectivity index is 2.00. The lowest BCUT2D eigenvalue weighted by atomic mass is 9.87. The summed E-state index contributed by atoms with van der Waals surface area (Å²) in [6, 6.07) is 0.207. The maximum atomic E-state index is 12.4. The van der Waals surface area contributed by atoms with Crippen molar-refractivity contribution in [1.29, 1.82) is 0 Å². The van der Waals surface area contributed by atoms with E-state index in [2.05, 4.69) is 0 Å². The van der Waals surface area contributed by atoms with E-state index in [-0.39, 0.29) is 24.5 Å². The molecule has 0 saturated heterocycles. The Morgan fingerprint density at radius 2 is 2.12 bits per heavy atom. The smallest absolute Gasteiger partial charge is 0.226 e. The number of aliphatic hydroxyl groups excluding tert-OH is 1. The van der Waals surface area contributed by atoms with E-state index >= 15 is 0 Å². The van der Waals surface area contributed by atoms with Gasteiger partial charge in [-0.2, -0.15) is 0 Å². The average Bonchev–Trinajstić information content (AvgIpc) is 2.86. The van der Waals surface area contributed by atoms with Crippen molar-refractivity contribution in [2.75, 3.05) is 13.2 Å². The van der Waals surface area contributed by atoms with Gasteiger partial charge in [0.25, 0.3) is 0 Å². The minimum Gasteiger partial charge on any atom is -0.395 e. The van der Waals surface area contributed by atoms with E-state index in [1.165, 1.54) is 19.3 Å². The van der Waals surface area contributed by atoms with Crippen LogP contribution in [0.15, 0.2) is 0 Å². The number of fused-ring (bicyclic) bond motifs is 2. The minimum absolute atomic E-state index is 0.0741. The summed E-state index contributed by atoms with van der Waals surface area (Å²) < 4.78 is 0. The number of carbonyl (C=O) groups is 1. The average molecular weight is 225 g/mol. The van der Waals surface area contributed by atoms with Crippen LogP contribution in [0.3, 0.4) is 0 Å². The summed E-state index contributed by atoms with van der Waals surface area (Å²) in [5, 5.41) is 9.02. The fourth-order valence-corrected chi connectivity index (χ4v) is 3.49. The quantitative estimate of drug-likeness (QED) is 0.790. The number of hydrogen-bond donors (Lipinski definition) is 1. The highest BCUT2D eigenvalue weighted by Crippen LogP contribution is 2.48. The lowest BCUT2D eigenvalue weighted by Gasteiger charge is -2.31. The topological polar surface area (TPSA) is 40.5 Å². The molecule has 2 aliphatic rings. The zero-order chi connectivity index (χ0) is 11.7. The molecule has 0 aromatic carbocycles. The molecule has 3 atom stereocenters. The molecule has 2 bridgehead atoms. The van der Waals surface area contributed by atoms with Crippen molar-refractivity contribution in [3.8, 4) is 0 Å². The number of nitrogens with zero attached hydrogens (tertiary/aromatic N) is 1. The van der Waals surface area contributed by atoms with Crippen molar-refractivity contribution in [2.24, 2.45) is 17.8 Å². The molecule has 3 nitrogen and oxygen atoms in total. The predicted octanol–water partition coefficient (Wildman–Crippen LogP) is 1.65. The van der Waals surface area contributed by atoms with Crippen LogP contribution in [0.5, 0.6) is 0 Å². The van der Waals surface area contributed by atoms with Crippen molar-refractivity contribution >= 4 is 5.91 Å². The van der Waals surface area contributed by atoms with Crippen LogP contribution in [-0.2, 0) is 4.79 Å². The van der Waals surface area contributed by atoms with Gasteiger partial charge in [-0.3, -0.25) is 4.79 Å². The molecule has 3 unspecified atom stereocenters. The monoisotopic (exact) mass is 225 g/mol. The van der Waals surface area contributed by atoms with Gasteiger partial charge in [0.1, 0.15) is 0 Å². The van der Waals surface area contributed by atoms with E-state index in [4.69, 9.17) is 5.11 Å². The molecule has 2 saturated carbocycles. The molecule has 3 heteroatoms. The number of hydrogen-bond acceptors (Lipinski definition) is 2. The number of carbonyl (C=O) groups excluding carboxylic acids is 1. The van der Waals surface area contributed by atoms with Crippen molar-refractivity contribution < 1.29 is 9.90 Å². The standard InChI is InChI=1S/C13H23NO2/c1-9(2)14(5-6-15)13(16)12-8-10-3-4-11(12)7-10/h9-12,15H,3-8H2,1-2H3. The van der Waals surface area contributed by atoms with Gasteiger partial charge in [0.05, 0.1) is 6.61 Å². The van der Waals surface area contributed by atoms with Crippen LogP contribution in [0.4, 0.5) is 0 Å². The lowest BCUT2D eigenvalue weighted by Crippen LogP contribution is -2.43. The predicted molar refractivity (Wildman–Crippen MR) is 62.9 cm³/mol. The first-order chi connectivity index (χ1) is 7.63. The first-order valence-corrected chi connectivity index (χ1v) is 6.54. The molecule has 0 spiro atoms. The van der Waals surface area contributed by atoms with E-state index < -0.39 is 0 Å². The second kappa shape index (κ2) is 4.74. The van der Waals surface area contributed by atoms with E-state index in [0.29, 0.717) is 12.5 Å². The molecule has 2 fully saturated rings. The second-order valence-corrected chi connectivity index (χ2v) is 5.63. The molecule has 92 valence electrons. The summed E-state index contributed by atoms with van der Waals surface area (Å²) in [4.78, 5) is 14.2. The van der Waals surface area contributed by atoms with Gasteiger partial charge in [-0.1, -0.05) is 6.42 Å². The molecule has 0 aliphatic heterocycles. The molecule has 0 heterocycles. The van der Waals surface area contributed by atoms with Gasteiger partial charge in [0.15, 0.2) is 0 Å². The van der Waals surface area contributed by atoms with E-state index in [1.807, 2.05) is 18.7 Å². The fourth-order valence-electron chi connectivity index (χ4n) is 3.49. The van der Waals surface area contributed by atoms with Crippen LogP contribution >= 0.6 is 0 Å². The number of amides is 1. The maximum absolute atomic E-state index is 12.4. The van der Waals surface area contributed by atoms with E-state index in [0.717, 1.165) is 12.3 Å². The largest absolute Gasteiger partial charge is 0.395 e. The van der Waals surface area contributed by atoms with Crippen LogP contribution in [0, 0.1) is 17.8 Å². The molecular formula is C13H23NO2. The van der Waals surface area contributed by atoms with Crippen LogP contribution < -0.4 is 0 Å². The second-order valence-electron chi connectivity index (χ2n) is 5.63. The van der Waals surface area contributed by atoms with Gasteiger partial charge in [-0.05, 0) is 44.9 Å². The van der Waals surface area contributed by atoms with Crippen molar-refractivity contribution in [1.82, 2.24) is 4.90 Å². The van der Waals surface area contributed by atoms with Gasteiger partial charge in [-0.25, -0.2) is 0 Å². The third kappa shape index (κ3) is 2.10. The first kappa shape index (κ1) is 11.9. The van der Waals surface area contributed by atoms with Gasteiger partial charge >= 0.3 is 0 Å². The normalized spacial score (nSPS) is 32.4. The zero-order valence-corrected chi connectivity index (χ0v) is 10.4. The van der Waals surface area contributed by atoms with Crippen molar-refractivity contribution in [3.63, 3.8) is 0 Å². The Bertz CT molecular complexity index is 261. The summed E-state index contributed by atoms with van der Waals surface area (Å²) >= 11 is 0. The highest BCUT2D eigenvalue weighted by molar-refractivity contribution is 5.80. The summed E-state index contributed by atoms with van der Waals surface area (Å²) in [6.07, 6.45) is 4.93. The molecule has 1 amide bonds. The molecule has 0 aromatic rings. The highest BCUT2D eigenvalue weighted by Gasteiger charge is 2.44. The van der Waals surface area contributed by atoms with Crippen LogP contribution in [0.25, 0.3) is 0 Å². The summed E-state index contributed by atoms with van der Waals surface area (Å²) in [7, 11) is 0. The van der Waals surface area contributed by atoms with Gasteiger partial charge in [0, 0.05) is 18.5 Å². The van der Waals surface area contributed by atoms with Gasteiger partial charge < -0.3 is 10.0 Å². The van der Waals surface area contributed by atoms with E-state index in [1.54, 1.807) is 0 Å². The zero-order valence-electron chi connectivity index (χ0n) is 10.4. The molecule has 0 aromatic heterocycles. The van der Waals surface area contributed by atoms with E-state index in [9.17, 15) is 4.79 Å². The molecule has 16 heavy (non-hydrogen) atoms. The minimum atomic E-state index is 0.0741. The Morgan fingerprint density at radius 3 is 2.56 bits per heavy atom. The summed E-state index contributed by atoms with van der Waals surface area (Å²) in [6.45, 7) is 4.62. The first-order valence-electron chi connectivity index (χ1n) is 6.54. The highest BCUT2D eigenvalue weighted by atomic mass is 16.3. The van der Waals surface area contributed by atoms with Crippen molar-refractivity contribution in [2.45, 2.75) is 45.6 Å². The van der Waals surface area contributed by atoms with Crippen LogP contribution in [-0.4, -0.2) is 35.1 Å². The molecule has 0 radical (unpaired) electrons. The molecule has 1 N–H and O–H groups in total. The SMILES string of the molecule is CC(C)N(CCO)C(=O)C1CC2CCC1C2. The number of rotatable bonds is 4. The lowest BCUT2D eigenvalue weighted by molar-refractivity contribution is -0.139. The van der Waals surface area contributed by atoms with Crippen LogP contribution in [0.1, 0.15) is 39.5 Å². The molecule has 2 aliphatic carbocycles. The number of aliphatic hydroxyl groups is 1. The third-order valence-corrected chi connectivity index (χ3v) is 4.30. The molecular weight excluding hydrogens is 202 g/mol. The van der Waals surface area contributed by atoms with Crippen LogP contribution in [0.2, 0.25) is 0 Å². The Labute approximate surface area is 97.8 Å². The van der Waals surface area contributed by atoms with Crippen molar-refractivity contribution in [3.05, 3.63) is 0 Å². The summed E-state index contributed by atoms with van der Waals surface area (Å²) in [5.74, 6) is 1.99. The molecule has 2 rings (SSSR count).